The third kappa shape index (κ3) is 5.31. The summed E-state index contributed by atoms with van der Waals surface area (Å²) in [5.74, 6) is 0.577. The van der Waals surface area contributed by atoms with Gasteiger partial charge in [-0.15, -0.1) is 10.2 Å². The Balaban J connectivity index is 1.54. The third-order valence-corrected chi connectivity index (χ3v) is 8.40. The summed E-state index contributed by atoms with van der Waals surface area (Å²) < 4.78 is 27.8. The highest BCUT2D eigenvalue weighted by Gasteiger charge is 2.31. The number of carbonyl (C=O) groups is 1. The Labute approximate surface area is 174 Å². The molecule has 10 heteroatoms. The SMILES string of the molecule is CCSc1nnc(NC(=O)C2CCN(S(=O)(=O)Cc3ccccc3C)CC2)s1. The summed E-state index contributed by atoms with van der Waals surface area (Å²) in [5.41, 5.74) is 1.79. The highest BCUT2D eigenvalue weighted by atomic mass is 32.2. The predicted molar refractivity (Wildman–Crippen MR) is 113 cm³/mol. The molecule has 0 unspecified atom stereocenters. The van der Waals surface area contributed by atoms with Crippen molar-refractivity contribution in [3.8, 4) is 0 Å². The Hall–Kier alpha value is -1.49. The van der Waals surface area contributed by atoms with Crippen LogP contribution in [0.5, 0.6) is 0 Å². The number of nitrogens with one attached hydrogen (secondary N) is 1. The minimum absolute atomic E-state index is 0.000800. The molecule has 2 aromatic rings. The zero-order valence-electron chi connectivity index (χ0n) is 15.9. The number of hydrogen-bond acceptors (Lipinski definition) is 7. The number of benzene rings is 1. The number of anilines is 1. The van der Waals surface area contributed by atoms with Crippen molar-refractivity contribution in [2.75, 3.05) is 24.2 Å². The lowest BCUT2D eigenvalue weighted by Crippen LogP contribution is -2.41. The number of sulfonamides is 1. The molecular formula is C18H24N4O3S3. The highest BCUT2D eigenvalue weighted by Crippen LogP contribution is 2.27. The van der Waals surface area contributed by atoms with Gasteiger partial charge in [0.2, 0.25) is 21.1 Å². The van der Waals surface area contributed by atoms with Gasteiger partial charge in [-0.1, -0.05) is 54.3 Å². The quantitative estimate of drug-likeness (QED) is 0.525. The Bertz CT molecular complexity index is 922. The van der Waals surface area contributed by atoms with Crippen LogP contribution in [0.4, 0.5) is 5.13 Å². The van der Waals surface area contributed by atoms with Gasteiger partial charge < -0.3 is 5.32 Å². The second-order valence-corrected chi connectivity index (χ2v) is 11.1. The van der Waals surface area contributed by atoms with E-state index in [1.165, 1.54) is 15.6 Å². The second-order valence-electron chi connectivity index (χ2n) is 6.65. The van der Waals surface area contributed by atoms with Gasteiger partial charge in [0.1, 0.15) is 0 Å². The molecule has 1 aliphatic heterocycles. The summed E-state index contributed by atoms with van der Waals surface area (Å²) in [7, 11) is -3.39. The van der Waals surface area contributed by atoms with Crippen molar-refractivity contribution in [1.29, 1.82) is 0 Å². The first-order chi connectivity index (χ1) is 13.4. The van der Waals surface area contributed by atoms with Gasteiger partial charge >= 0.3 is 0 Å². The fraction of sp³-hybridized carbons (Fsp3) is 0.500. The summed E-state index contributed by atoms with van der Waals surface area (Å²) in [4.78, 5) is 12.5. The average Bonchev–Trinajstić information content (AvgIpc) is 3.11. The molecule has 0 bridgehead atoms. The summed E-state index contributed by atoms with van der Waals surface area (Å²) in [5, 5.41) is 11.3. The van der Waals surface area contributed by atoms with Crippen molar-refractivity contribution < 1.29 is 13.2 Å². The van der Waals surface area contributed by atoms with E-state index < -0.39 is 10.0 Å². The van der Waals surface area contributed by atoms with Crippen LogP contribution in [-0.4, -0.2) is 47.7 Å². The van der Waals surface area contributed by atoms with E-state index >= 15 is 0 Å². The van der Waals surface area contributed by atoms with Gasteiger partial charge in [0.25, 0.3) is 0 Å². The van der Waals surface area contributed by atoms with E-state index in [9.17, 15) is 13.2 Å². The normalized spacial score (nSPS) is 16.2. The summed E-state index contributed by atoms with van der Waals surface area (Å²) in [6.45, 7) is 4.67. The van der Waals surface area contributed by atoms with E-state index in [1.807, 2.05) is 38.1 Å². The molecule has 0 spiro atoms. The number of piperidine rings is 1. The maximum atomic E-state index is 12.7. The van der Waals surface area contributed by atoms with Gasteiger partial charge in [0, 0.05) is 19.0 Å². The molecule has 2 heterocycles. The molecule has 1 fully saturated rings. The first kappa shape index (κ1) is 21.2. The number of nitrogens with zero attached hydrogens (tertiary/aromatic N) is 3. The summed E-state index contributed by atoms with van der Waals surface area (Å²) in [6.07, 6.45) is 1.02. The van der Waals surface area contributed by atoms with Crippen LogP contribution in [0.1, 0.15) is 30.9 Å². The fourth-order valence-electron chi connectivity index (χ4n) is 3.11. The predicted octanol–water partition coefficient (Wildman–Crippen LogP) is 3.14. The minimum Gasteiger partial charge on any atom is -0.300 e. The van der Waals surface area contributed by atoms with Crippen LogP contribution >= 0.6 is 23.1 Å². The molecule has 1 amide bonds. The number of amides is 1. The maximum absolute atomic E-state index is 12.7. The number of aryl methyl sites for hydroxylation is 1. The molecule has 1 aliphatic rings. The Morgan fingerprint density at radius 2 is 2.00 bits per heavy atom. The van der Waals surface area contributed by atoms with Gasteiger partial charge in [-0.3, -0.25) is 4.79 Å². The lowest BCUT2D eigenvalue weighted by Gasteiger charge is -2.30. The molecule has 7 nitrogen and oxygen atoms in total. The van der Waals surface area contributed by atoms with Gasteiger partial charge in [-0.05, 0) is 36.6 Å². The number of thioether (sulfide) groups is 1. The molecular weight excluding hydrogens is 416 g/mol. The van der Waals surface area contributed by atoms with Gasteiger partial charge in [-0.2, -0.15) is 0 Å². The molecule has 152 valence electrons. The maximum Gasteiger partial charge on any atom is 0.229 e. The zero-order chi connectivity index (χ0) is 20.1. The second kappa shape index (κ2) is 9.34. The monoisotopic (exact) mass is 440 g/mol. The Morgan fingerprint density at radius 1 is 1.29 bits per heavy atom. The smallest absolute Gasteiger partial charge is 0.229 e. The van der Waals surface area contributed by atoms with E-state index in [4.69, 9.17) is 0 Å². The standard InChI is InChI=1S/C18H24N4O3S3/c1-3-26-18-21-20-17(27-18)19-16(23)14-8-10-22(11-9-14)28(24,25)12-15-7-5-4-6-13(15)2/h4-7,14H,3,8-12H2,1-2H3,(H,19,20,23). The van der Waals surface area contributed by atoms with E-state index in [0.717, 1.165) is 21.2 Å². The van der Waals surface area contributed by atoms with E-state index in [1.54, 1.807) is 11.8 Å². The number of carbonyl (C=O) groups excluding carboxylic acids is 1. The molecule has 1 aromatic heterocycles. The van der Waals surface area contributed by atoms with Crippen LogP contribution in [0.3, 0.4) is 0 Å². The number of rotatable bonds is 7. The largest absolute Gasteiger partial charge is 0.300 e. The van der Waals surface area contributed by atoms with Crippen LogP contribution in [0.25, 0.3) is 0 Å². The summed E-state index contributed by atoms with van der Waals surface area (Å²) in [6, 6.07) is 7.52. The molecule has 0 saturated carbocycles. The van der Waals surface area contributed by atoms with Gasteiger partial charge in [-0.25, -0.2) is 12.7 Å². The first-order valence-corrected chi connectivity index (χ1v) is 12.6. The molecule has 3 rings (SSSR count). The topological polar surface area (TPSA) is 92.3 Å². The molecule has 0 radical (unpaired) electrons. The van der Waals surface area contributed by atoms with E-state index in [0.29, 0.717) is 31.1 Å². The van der Waals surface area contributed by atoms with Crippen molar-refractivity contribution in [3.63, 3.8) is 0 Å². The number of aromatic nitrogens is 2. The molecule has 28 heavy (non-hydrogen) atoms. The first-order valence-electron chi connectivity index (χ1n) is 9.18. The van der Waals surface area contributed by atoms with Crippen molar-refractivity contribution in [2.24, 2.45) is 5.92 Å². The van der Waals surface area contributed by atoms with E-state index in [-0.39, 0.29) is 17.6 Å². The van der Waals surface area contributed by atoms with Crippen LogP contribution in [0, 0.1) is 12.8 Å². The third-order valence-electron chi connectivity index (χ3n) is 4.72. The van der Waals surface area contributed by atoms with Crippen LogP contribution in [-0.2, 0) is 20.6 Å². The lowest BCUT2D eigenvalue weighted by molar-refractivity contribution is -0.120. The van der Waals surface area contributed by atoms with Crippen molar-refractivity contribution in [3.05, 3.63) is 35.4 Å². The molecule has 0 aliphatic carbocycles. The van der Waals surface area contributed by atoms with Crippen LogP contribution in [0.15, 0.2) is 28.6 Å². The average molecular weight is 441 g/mol. The van der Waals surface area contributed by atoms with Gasteiger partial charge in [0.05, 0.1) is 5.75 Å². The molecule has 1 N–H and O–H groups in total. The molecule has 1 aromatic carbocycles. The van der Waals surface area contributed by atoms with Crippen molar-refractivity contribution in [1.82, 2.24) is 14.5 Å². The zero-order valence-corrected chi connectivity index (χ0v) is 18.4. The van der Waals surface area contributed by atoms with E-state index in [2.05, 4.69) is 15.5 Å². The van der Waals surface area contributed by atoms with Crippen LogP contribution in [0.2, 0.25) is 0 Å². The minimum atomic E-state index is -3.39. The van der Waals surface area contributed by atoms with Crippen LogP contribution < -0.4 is 5.32 Å². The Morgan fingerprint density at radius 3 is 2.68 bits per heavy atom. The van der Waals surface area contributed by atoms with Gasteiger partial charge in [0.15, 0.2) is 4.34 Å². The molecule has 1 saturated heterocycles. The molecule has 0 atom stereocenters. The van der Waals surface area contributed by atoms with Crippen molar-refractivity contribution >= 4 is 44.2 Å². The lowest BCUT2D eigenvalue weighted by atomic mass is 9.97. The summed E-state index contributed by atoms with van der Waals surface area (Å²) >= 11 is 2.94. The number of hydrogen-bond donors (Lipinski definition) is 1. The van der Waals surface area contributed by atoms with Crippen molar-refractivity contribution in [2.45, 2.75) is 36.8 Å². The highest BCUT2D eigenvalue weighted by molar-refractivity contribution is 8.01. The Kier molecular flexibility index (Phi) is 7.08. The fourth-order valence-corrected chi connectivity index (χ4v) is 6.42.